The Morgan fingerprint density at radius 2 is 1.86 bits per heavy atom. The van der Waals surface area contributed by atoms with Crippen LogP contribution in [0.5, 0.6) is 11.5 Å². The standard InChI is InChI=1S/C13H17ClN2O4S.ClH/c14-9-5-11-12(20-4-3-19-11)6-13(9)21(17,18)16-7-10(15)8-1-2-8;/h5-6,8,10,16H,1-4,7,15H2;1H. The molecule has 1 aliphatic carbocycles. The molecule has 0 saturated heterocycles. The van der Waals surface area contributed by atoms with Crippen LogP contribution in [0.1, 0.15) is 12.8 Å². The van der Waals surface area contributed by atoms with Crippen molar-refractivity contribution >= 4 is 34.0 Å². The van der Waals surface area contributed by atoms with Gasteiger partial charge in [-0.05, 0) is 18.8 Å². The molecule has 3 N–H and O–H groups in total. The van der Waals surface area contributed by atoms with E-state index in [-0.39, 0.29) is 34.9 Å². The zero-order valence-corrected chi connectivity index (χ0v) is 14.1. The largest absolute Gasteiger partial charge is 0.486 e. The molecule has 9 heteroatoms. The second kappa shape index (κ2) is 6.80. The van der Waals surface area contributed by atoms with Crippen molar-refractivity contribution in [3.8, 4) is 11.5 Å². The van der Waals surface area contributed by atoms with Gasteiger partial charge in [0, 0.05) is 24.7 Å². The van der Waals surface area contributed by atoms with Gasteiger partial charge < -0.3 is 15.2 Å². The van der Waals surface area contributed by atoms with Gasteiger partial charge >= 0.3 is 0 Å². The summed E-state index contributed by atoms with van der Waals surface area (Å²) in [5, 5.41) is 0.103. The van der Waals surface area contributed by atoms with Gasteiger partial charge in [0.2, 0.25) is 10.0 Å². The molecular weight excluding hydrogens is 351 g/mol. The predicted molar refractivity (Wildman–Crippen MR) is 85.6 cm³/mol. The maximum Gasteiger partial charge on any atom is 0.242 e. The SMILES string of the molecule is Cl.NC(CNS(=O)(=O)c1cc2c(cc1Cl)OCCO2)C1CC1. The monoisotopic (exact) mass is 368 g/mol. The van der Waals surface area contributed by atoms with E-state index in [1.807, 2.05) is 0 Å². The predicted octanol–water partition coefficient (Wildman–Crippen LogP) is 1.55. The summed E-state index contributed by atoms with van der Waals surface area (Å²) in [7, 11) is -3.72. The Kier molecular flexibility index (Phi) is 5.45. The molecule has 1 aliphatic heterocycles. The molecule has 0 amide bonds. The Hall–Kier alpha value is -0.730. The van der Waals surface area contributed by atoms with Crippen molar-refractivity contribution in [3.63, 3.8) is 0 Å². The average Bonchev–Trinajstić information content (AvgIpc) is 3.28. The van der Waals surface area contributed by atoms with Crippen LogP contribution in [-0.4, -0.2) is 34.2 Å². The lowest BCUT2D eigenvalue weighted by Crippen LogP contribution is -2.38. The fraction of sp³-hybridized carbons (Fsp3) is 0.538. The van der Waals surface area contributed by atoms with Crippen LogP contribution in [0.15, 0.2) is 17.0 Å². The normalized spacial score (nSPS) is 18.5. The van der Waals surface area contributed by atoms with Crippen LogP contribution in [0.25, 0.3) is 0 Å². The highest BCUT2D eigenvalue weighted by atomic mass is 35.5. The molecule has 1 atom stereocenters. The number of nitrogens with two attached hydrogens (primary N) is 1. The Morgan fingerprint density at radius 3 is 2.45 bits per heavy atom. The van der Waals surface area contributed by atoms with Gasteiger partial charge in [-0.15, -0.1) is 12.4 Å². The van der Waals surface area contributed by atoms with E-state index in [0.29, 0.717) is 30.6 Å². The first-order chi connectivity index (χ1) is 9.97. The smallest absolute Gasteiger partial charge is 0.242 e. The molecule has 6 nitrogen and oxygen atoms in total. The molecular formula is C13H18Cl2N2O4S. The van der Waals surface area contributed by atoms with Gasteiger partial charge in [-0.25, -0.2) is 13.1 Å². The number of hydrogen-bond donors (Lipinski definition) is 2. The molecule has 2 aliphatic rings. The second-order valence-electron chi connectivity index (χ2n) is 5.28. The van der Waals surface area contributed by atoms with Crippen molar-refractivity contribution in [3.05, 3.63) is 17.2 Å². The fourth-order valence-corrected chi connectivity index (χ4v) is 3.83. The first kappa shape index (κ1) is 17.6. The topological polar surface area (TPSA) is 90.7 Å². The lowest BCUT2D eigenvalue weighted by Gasteiger charge is -2.20. The minimum atomic E-state index is -3.72. The molecule has 1 unspecified atom stereocenters. The van der Waals surface area contributed by atoms with Gasteiger partial charge in [0.25, 0.3) is 0 Å². The van der Waals surface area contributed by atoms with E-state index in [4.69, 9.17) is 26.8 Å². The van der Waals surface area contributed by atoms with Crippen LogP contribution in [0.4, 0.5) is 0 Å². The maximum atomic E-state index is 12.3. The number of sulfonamides is 1. The Morgan fingerprint density at radius 1 is 1.27 bits per heavy atom. The van der Waals surface area contributed by atoms with Crippen LogP contribution in [-0.2, 0) is 10.0 Å². The lowest BCUT2D eigenvalue weighted by atomic mass is 10.2. The summed E-state index contributed by atoms with van der Waals surface area (Å²) in [6, 6.07) is 2.70. The summed E-state index contributed by atoms with van der Waals surface area (Å²) in [5.74, 6) is 1.26. The van der Waals surface area contributed by atoms with Crippen molar-refractivity contribution in [1.29, 1.82) is 0 Å². The third-order valence-corrected chi connectivity index (χ3v) is 5.51. The van der Waals surface area contributed by atoms with Crippen molar-refractivity contribution in [1.82, 2.24) is 4.72 Å². The van der Waals surface area contributed by atoms with Gasteiger partial charge in [0.1, 0.15) is 18.1 Å². The van der Waals surface area contributed by atoms with Gasteiger partial charge in [-0.1, -0.05) is 11.6 Å². The van der Waals surface area contributed by atoms with E-state index >= 15 is 0 Å². The molecule has 3 rings (SSSR count). The number of halogens is 2. The summed E-state index contributed by atoms with van der Waals surface area (Å²) < 4.78 is 37.9. The lowest BCUT2D eigenvalue weighted by molar-refractivity contribution is 0.171. The quantitative estimate of drug-likeness (QED) is 0.822. The van der Waals surface area contributed by atoms with E-state index in [1.165, 1.54) is 12.1 Å². The summed E-state index contributed by atoms with van der Waals surface area (Å²) in [4.78, 5) is -0.0172. The summed E-state index contributed by atoms with van der Waals surface area (Å²) >= 11 is 6.05. The first-order valence-electron chi connectivity index (χ1n) is 6.82. The fourth-order valence-electron chi connectivity index (χ4n) is 2.23. The zero-order chi connectivity index (χ0) is 15.0. The Labute approximate surface area is 140 Å². The van der Waals surface area contributed by atoms with Crippen molar-refractivity contribution in [2.24, 2.45) is 11.7 Å². The highest BCUT2D eigenvalue weighted by Crippen LogP contribution is 2.37. The molecule has 1 heterocycles. The Balaban J connectivity index is 0.00000176. The first-order valence-corrected chi connectivity index (χ1v) is 8.68. The third kappa shape index (κ3) is 3.78. The molecule has 124 valence electrons. The number of fused-ring (bicyclic) bond motifs is 1. The van der Waals surface area contributed by atoms with Gasteiger partial charge in [0.05, 0.1) is 5.02 Å². The van der Waals surface area contributed by atoms with Crippen LogP contribution in [0.2, 0.25) is 5.02 Å². The van der Waals surface area contributed by atoms with Crippen molar-refractivity contribution in [2.45, 2.75) is 23.8 Å². The summed E-state index contributed by atoms with van der Waals surface area (Å²) in [5.41, 5.74) is 5.91. The van der Waals surface area contributed by atoms with Crippen molar-refractivity contribution < 1.29 is 17.9 Å². The number of benzene rings is 1. The molecule has 0 radical (unpaired) electrons. The number of hydrogen-bond acceptors (Lipinski definition) is 5. The minimum absolute atomic E-state index is 0. The molecule has 1 aromatic carbocycles. The van der Waals surface area contributed by atoms with Crippen LogP contribution in [0.3, 0.4) is 0 Å². The summed E-state index contributed by atoms with van der Waals surface area (Å²) in [6.07, 6.45) is 2.13. The molecule has 0 aromatic heterocycles. The average molecular weight is 369 g/mol. The second-order valence-corrected chi connectivity index (χ2v) is 7.42. The molecule has 0 bridgehead atoms. The number of rotatable bonds is 5. The molecule has 22 heavy (non-hydrogen) atoms. The van der Waals surface area contributed by atoms with E-state index in [0.717, 1.165) is 12.8 Å². The number of ether oxygens (including phenoxy) is 2. The van der Waals surface area contributed by atoms with Crippen LogP contribution < -0.4 is 19.9 Å². The van der Waals surface area contributed by atoms with Crippen molar-refractivity contribution in [2.75, 3.05) is 19.8 Å². The summed E-state index contributed by atoms with van der Waals surface area (Å²) in [6.45, 7) is 1.01. The highest BCUT2D eigenvalue weighted by molar-refractivity contribution is 7.89. The van der Waals surface area contributed by atoms with E-state index in [1.54, 1.807) is 0 Å². The molecule has 1 saturated carbocycles. The van der Waals surface area contributed by atoms with Crippen LogP contribution >= 0.6 is 24.0 Å². The Bertz CT molecular complexity index is 650. The molecule has 0 spiro atoms. The third-order valence-electron chi connectivity index (χ3n) is 3.62. The zero-order valence-electron chi connectivity index (χ0n) is 11.7. The maximum absolute atomic E-state index is 12.3. The van der Waals surface area contributed by atoms with E-state index < -0.39 is 10.0 Å². The molecule has 1 aromatic rings. The van der Waals surface area contributed by atoms with Gasteiger partial charge in [0.15, 0.2) is 11.5 Å². The van der Waals surface area contributed by atoms with E-state index in [9.17, 15) is 8.42 Å². The minimum Gasteiger partial charge on any atom is -0.486 e. The van der Waals surface area contributed by atoms with E-state index in [2.05, 4.69) is 4.72 Å². The van der Waals surface area contributed by atoms with Gasteiger partial charge in [-0.2, -0.15) is 0 Å². The number of nitrogens with one attached hydrogen (secondary N) is 1. The van der Waals surface area contributed by atoms with Gasteiger partial charge in [-0.3, -0.25) is 0 Å². The molecule has 1 fully saturated rings. The highest BCUT2D eigenvalue weighted by Gasteiger charge is 2.30. The van der Waals surface area contributed by atoms with Crippen LogP contribution in [0, 0.1) is 5.92 Å².